The molecule has 2 saturated heterocycles. The molecule has 0 aromatic carbocycles. The monoisotopic (exact) mass is 266 g/mol. The molecule has 0 aromatic rings. The fraction of sp³-hybridized carbons (Fsp3) is 0.900. The third-order valence-corrected chi connectivity index (χ3v) is 4.15. The van der Waals surface area contributed by atoms with Gasteiger partial charge < -0.3 is 15.4 Å². The fourth-order valence-electron chi connectivity index (χ4n) is 1.87. The Morgan fingerprint density at radius 1 is 1.56 bits per heavy atom. The van der Waals surface area contributed by atoms with Crippen molar-refractivity contribution >= 4 is 30.1 Å². The molecule has 0 aliphatic carbocycles. The maximum Gasteiger partial charge on any atom is 0.250 e. The molecule has 1 amide bonds. The molecule has 2 N–H and O–H groups in total. The van der Waals surface area contributed by atoms with Crippen LogP contribution in [0.4, 0.5) is 0 Å². The van der Waals surface area contributed by atoms with E-state index in [0.29, 0.717) is 18.4 Å². The first-order valence-corrected chi connectivity index (χ1v) is 6.63. The minimum Gasteiger partial charge on any atom is -0.366 e. The van der Waals surface area contributed by atoms with Crippen LogP contribution in [0, 0.1) is 0 Å². The highest BCUT2D eigenvalue weighted by Crippen LogP contribution is 2.25. The van der Waals surface area contributed by atoms with Gasteiger partial charge in [0.15, 0.2) is 0 Å². The number of morpholine rings is 1. The molecule has 2 atom stereocenters. The molecule has 94 valence electrons. The Balaban J connectivity index is 0.00000128. The van der Waals surface area contributed by atoms with E-state index in [1.54, 1.807) is 0 Å². The molecule has 2 fully saturated rings. The second-order valence-corrected chi connectivity index (χ2v) is 5.35. The van der Waals surface area contributed by atoms with Crippen LogP contribution in [0.15, 0.2) is 0 Å². The van der Waals surface area contributed by atoms with Crippen LogP contribution in [0.25, 0.3) is 0 Å². The van der Waals surface area contributed by atoms with Gasteiger partial charge in [-0.15, -0.1) is 12.4 Å². The van der Waals surface area contributed by atoms with E-state index in [1.165, 1.54) is 18.6 Å². The van der Waals surface area contributed by atoms with E-state index >= 15 is 0 Å². The number of carbonyl (C=O) groups is 1. The zero-order valence-corrected chi connectivity index (χ0v) is 10.9. The Morgan fingerprint density at radius 3 is 3.06 bits per heavy atom. The molecular formula is C10H19ClN2O2S. The molecule has 0 radical (unpaired) electrons. The lowest BCUT2D eigenvalue weighted by Crippen LogP contribution is -2.48. The Morgan fingerprint density at radius 2 is 2.44 bits per heavy atom. The van der Waals surface area contributed by atoms with Gasteiger partial charge in [-0.2, -0.15) is 11.8 Å². The highest BCUT2D eigenvalue weighted by molar-refractivity contribution is 8.00. The summed E-state index contributed by atoms with van der Waals surface area (Å²) in [6.45, 7) is 2.92. The predicted molar refractivity (Wildman–Crippen MR) is 68.3 cm³/mol. The van der Waals surface area contributed by atoms with Crippen LogP contribution in [-0.4, -0.2) is 49.3 Å². The summed E-state index contributed by atoms with van der Waals surface area (Å²) in [5.74, 6) is 1.27. The van der Waals surface area contributed by atoms with Crippen LogP contribution in [0.2, 0.25) is 0 Å². The Hall–Kier alpha value is 0.0300. The van der Waals surface area contributed by atoms with Crippen molar-refractivity contribution in [1.82, 2.24) is 10.6 Å². The summed E-state index contributed by atoms with van der Waals surface area (Å²) in [5, 5.41) is 6.74. The van der Waals surface area contributed by atoms with Gasteiger partial charge in [0.25, 0.3) is 5.91 Å². The van der Waals surface area contributed by atoms with Gasteiger partial charge in [0, 0.05) is 24.9 Å². The number of halogens is 1. The molecule has 2 aliphatic rings. The van der Waals surface area contributed by atoms with Gasteiger partial charge in [0.1, 0.15) is 6.10 Å². The van der Waals surface area contributed by atoms with Crippen molar-refractivity contribution in [1.29, 1.82) is 0 Å². The minimum atomic E-state index is -0.287. The Bertz CT molecular complexity index is 219. The van der Waals surface area contributed by atoms with Gasteiger partial charge in [-0.05, 0) is 18.6 Å². The normalized spacial score (nSPS) is 29.5. The molecule has 1 unspecified atom stereocenters. The molecule has 0 spiro atoms. The minimum absolute atomic E-state index is 0. The Kier molecular flexibility index (Phi) is 6.49. The van der Waals surface area contributed by atoms with Gasteiger partial charge in [-0.1, -0.05) is 0 Å². The number of nitrogens with one attached hydrogen (secondary N) is 2. The molecule has 16 heavy (non-hydrogen) atoms. The van der Waals surface area contributed by atoms with Crippen molar-refractivity contribution in [2.45, 2.75) is 24.2 Å². The predicted octanol–water partition coefficient (Wildman–Crippen LogP) is 0.408. The van der Waals surface area contributed by atoms with Crippen molar-refractivity contribution in [2.24, 2.45) is 0 Å². The molecular weight excluding hydrogens is 248 g/mol. The van der Waals surface area contributed by atoms with Gasteiger partial charge >= 0.3 is 0 Å². The summed E-state index contributed by atoms with van der Waals surface area (Å²) in [4.78, 5) is 11.7. The van der Waals surface area contributed by atoms with Crippen molar-refractivity contribution in [3.8, 4) is 0 Å². The lowest BCUT2D eigenvalue weighted by molar-refractivity contribution is -0.134. The van der Waals surface area contributed by atoms with Crippen LogP contribution >= 0.6 is 24.2 Å². The third kappa shape index (κ3) is 4.13. The molecule has 2 heterocycles. The molecule has 0 saturated carbocycles. The summed E-state index contributed by atoms with van der Waals surface area (Å²) in [6.07, 6.45) is 2.23. The van der Waals surface area contributed by atoms with Gasteiger partial charge in [-0.25, -0.2) is 0 Å². The van der Waals surface area contributed by atoms with Crippen molar-refractivity contribution in [2.75, 3.05) is 32.0 Å². The van der Waals surface area contributed by atoms with E-state index < -0.39 is 0 Å². The molecule has 2 rings (SSSR count). The van der Waals surface area contributed by atoms with Crippen molar-refractivity contribution < 1.29 is 9.53 Å². The zero-order valence-electron chi connectivity index (χ0n) is 9.24. The first kappa shape index (κ1) is 14.1. The number of rotatable bonds is 3. The van der Waals surface area contributed by atoms with Crippen LogP contribution < -0.4 is 10.6 Å². The summed E-state index contributed by atoms with van der Waals surface area (Å²) in [5.41, 5.74) is 0. The summed E-state index contributed by atoms with van der Waals surface area (Å²) < 4.78 is 5.37. The highest BCUT2D eigenvalue weighted by Gasteiger charge is 2.23. The SMILES string of the molecule is Cl.O=C(NCC1CCCS1)[C@@H]1CNCCO1. The highest BCUT2D eigenvalue weighted by atomic mass is 35.5. The number of amides is 1. The second kappa shape index (κ2) is 7.37. The van der Waals surface area contributed by atoms with Crippen LogP contribution in [-0.2, 0) is 9.53 Å². The van der Waals surface area contributed by atoms with E-state index in [1.807, 2.05) is 11.8 Å². The molecule has 4 nitrogen and oxygen atoms in total. The first-order valence-electron chi connectivity index (χ1n) is 5.58. The smallest absolute Gasteiger partial charge is 0.250 e. The first-order chi connectivity index (χ1) is 7.36. The quantitative estimate of drug-likeness (QED) is 0.777. The molecule has 6 heteroatoms. The number of thioether (sulfide) groups is 1. The number of ether oxygens (including phenoxy) is 1. The average Bonchev–Trinajstić information content (AvgIpc) is 2.80. The van der Waals surface area contributed by atoms with E-state index in [0.717, 1.165) is 13.1 Å². The summed E-state index contributed by atoms with van der Waals surface area (Å²) in [7, 11) is 0. The summed E-state index contributed by atoms with van der Waals surface area (Å²) in [6, 6.07) is 0. The number of hydrogen-bond donors (Lipinski definition) is 2. The topological polar surface area (TPSA) is 50.4 Å². The average molecular weight is 267 g/mol. The van der Waals surface area contributed by atoms with E-state index in [2.05, 4.69) is 10.6 Å². The Labute approximate surface area is 107 Å². The van der Waals surface area contributed by atoms with Crippen LogP contribution in [0.5, 0.6) is 0 Å². The van der Waals surface area contributed by atoms with E-state index in [9.17, 15) is 4.79 Å². The van der Waals surface area contributed by atoms with Gasteiger partial charge in [0.2, 0.25) is 0 Å². The maximum atomic E-state index is 11.7. The van der Waals surface area contributed by atoms with Crippen molar-refractivity contribution in [3.05, 3.63) is 0 Å². The van der Waals surface area contributed by atoms with Crippen LogP contribution in [0.1, 0.15) is 12.8 Å². The lowest BCUT2D eigenvalue weighted by Gasteiger charge is -2.23. The van der Waals surface area contributed by atoms with Gasteiger partial charge in [0.05, 0.1) is 6.61 Å². The van der Waals surface area contributed by atoms with E-state index in [4.69, 9.17) is 4.74 Å². The zero-order chi connectivity index (χ0) is 10.5. The van der Waals surface area contributed by atoms with E-state index in [-0.39, 0.29) is 24.4 Å². The number of carbonyl (C=O) groups excluding carboxylic acids is 1. The molecule has 0 aromatic heterocycles. The van der Waals surface area contributed by atoms with Crippen molar-refractivity contribution in [3.63, 3.8) is 0 Å². The molecule has 0 bridgehead atoms. The molecule has 2 aliphatic heterocycles. The summed E-state index contributed by atoms with van der Waals surface area (Å²) >= 11 is 1.96. The second-order valence-electron chi connectivity index (χ2n) is 3.94. The largest absolute Gasteiger partial charge is 0.366 e. The maximum absolute atomic E-state index is 11.7. The standard InChI is InChI=1S/C10H18N2O2S.ClH/c13-10(9-7-11-3-4-14-9)12-6-8-2-1-5-15-8;/h8-9,11H,1-7H2,(H,12,13);1H/t8?,9-;/m0./s1. The third-order valence-electron chi connectivity index (χ3n) is 2.75. The fourth-order valence-corrected chi connectivity index (χ4v) is 3.07. The lowest BCUT2D eigenvalue weighted by atomic mass is 10.2. The van der Waals surface area contributed by atoms with Gasteiger partial charge in [-0.3, -0.25) is 4.79 Å². The number of hydrogen-bond acceptors (Lipinski definition) is 4. The van der Waals surface area contributed by atoms with Crippen LogP contribution in [0.3, 0.4) is 0 Å².